The van der Waals surface area contributed by atoms with Gasteiger partial charge >= 0.3 is 11.9 Å². The summed E-state index contributed by atoms with van der Waals surface area (Å²) in [6.45, 7) is 3.93. The van der Waals surface area contributed by atoms with Crippen LogP contribution in [0.4, 0.5) is 0 Å². The smallest absolute Gasteiger partial charge is 0.316 e. The molecule has 0 spiro atoms. The minimum atomic E-state index is -0.840. The normalized spacial score (nSPS) is 28.1. The molecule has 1 aliphatic carbocycles. The standard InChI is InChI=1S/C13H20O5/c1-7(2)8-5-6-9(12(15)17-3)11(14)10(8)13(16)18-4/h7-10H,5-6H2,1-4H3/t8-,9-,10-/m1/s1. The second-order valence-electron chi connectivity index (χ2n) is 4.96. The summed E-state index contributed by atoms with van der Waals surface area (Å²) in [5.74, 6) is -3.01. The molecule has 1 saturated carbocycles. The molecule has 0 unspecified atom stereocenters. The van der Waals surface area contributed by atoms with Gasteiger partial charge in [-0.25, -0.2) is 0 Å². The van der Waals surface area contributed by atoms with Crippen molar-refractivity contribution in [2.45, 2.75) is 26.7 Å². The number of esters is 2. The zero-order valence-electron chi connectivity index (χ0n) is 11.3. The number of Topliss-reactive ketones (excluding diaryl/α,β-unsaturated/α-hetero) is 1. The van der Waals surface area contributed by atoms with Gasteiger partial charge in [0.1, 0.15) is 11.8 Å². The Bertz CT molecular complexity index is 347. The van der Waals surface area contributed by atoms with E-state index < -0.39 is 23.8 Å². The van der Waals surface area contributed by atoms with Gasteiger partial charge in [0.15, 0.2) is 5.78 Å². The van der Waals surface area contributed by atoms with Crippen LogP contribution in [0.2, 0.25) is 0 Å². The minimum Gasteiger partial charge on any atom is -0.468 e. The first-order chi connectivity index (χ1) is 8.43. The SMILES string of the molecule is COC(=O)[C@@H]1CC[C@H](C(C)C)[C@@H](C(=O)OC)C1=O. The van der Waals surface area contributed by atoms with Crippen LogP contribution in [0.3, 0.4) is 0 Å². The molecule has 1 aliphatic rings. The van der Waals surface area contributed by atoms with Gasteiger partial charge in [0, 0.05) is 0 Å². The van der Waals surface area contributed by atoms with E-state index in [2.05, 4.69) is 4.74 Å². The van der Waals surface area contributed by atoms with Gasteiger partial charge in [0.25, 0.3) is 0 Å². The maximum atomic E-state index is 12.2. The number of rotatable bonds is 3. The van der Waals surface area contributed by atoms with E-state index in [0.717, 1.165) is 0 Å². The van der Waals surface area contributed by atoms with E-state index in [9.17, 15) is 14.4 Å². The van der Waals surface area contributed by atoms with Gasteiger partial charge in [-0.3, -0.25) is 14.4 Å². The summed E-state index contributed by atoms with van der Waals surface area (Å²) in [7, 11) is 2.51. The Balaban J connectivity index is 2.98. The fourth-order valence-electron chi connectivity index (χ4n) is 2.61. The van der Waals surface area contributed by atoms with Gasteiger partial charge in [-0.15, -0.1) is 0 Å². The topological polar surface area (TPSA) is 69.7 Å². The zero-order chi connectivity index (χ0) is 13.9. The second kappa shape index (κ2) is 5.98. The Morgan fingerprint density at radius 3 is 2.11 bits per heavy atom. The maximum Gasteiger partial charge on any atom is 0.316 e. The molecule has 0 radical (unpaired) electrons. The molecule has 1 fully saturated rings. The summed E-state index contributed by atoms with van der Waals surface area (Å²) in [4.78, 5) is 35.5. The first kappa shape index (κ1) is 14.7. The van der Waals surface area contributed by atoms with Crippen LogP contribution in [-0.4, -0.2) is 31.9 Å². The van der Waals surface area contributed by atoms with E-state index in [4.69, 9.17) is 4.74 Å². The lowest BCUT2D eigenvalue weighted by Crippen LogP contribution is -2.45. The molecular weight excluding hydrogens is 236 g/mol. The van der Waals surface area contributed by atoms with Crippen LogP contribution in [0.5, 0.6) is 0 Å². The molecule has 0 heterocycles. The van der Waals surface area contributed by atoms with E-state index in [1.165, 1.54) is 14.2 Å². The average Bonchev–Trinajstić information content (AvgIpc) is 2.36. The molecule has 5 nitrogen and oxygen atoms in total. The molecule has 0 bridgehead atoms. The zero-order valence-corrected chi connectivity index (χ0v) is 11.3. The van der Waals surface area contributed by atoms with Crippen LogP contribution in [0.1, 0.15) is 26.7 Å². The van der Waals surface area contributed by atoms with Crippen molar-refractivity contribution in [1.29, 1.82) is 0 Å². The third-order valence-electron chi connectivity index (χ3n) is 3.66. The molecule has 0 amide bonds. The van der Waals surface area contributed by atoms with E-state index in [1.54, 1.807) is 0 Å². The van der Waals surface area contributed by atoms with E-state index in [0.29, 0.717) is 12.8 Å². The molecule has 18 heavy (non-hydrogen) atoms. The Kier molecular flexibility index (Phi) is 4.87. The fourth-order valence-corrected chi connectivity index (χ4v) is 2.61. The molecular formula is C13H20O5. The van der Waals surface area contributed by atoms with Gasteiger partial charge in [-0.1, -0.05) is 13.8 Å². The van der Waals surface area contributed by atoms with E-state index >= 15 is 0 Å². The van der Waals surface area contributed by atoms with Crippen LogP contribution in [0.25, 0.3) is 0 Å². The van der Waals surface area contributed by atoms with Gasteiger partial charge in [0.05, 0.1) is 14.2 Å². The molecule has 1 rings (SSSR count). The van der Waals surface area contributed by atoms with Crippen LogP contribution in [0.15, 0.2) is 0 Å². The number of hydrogen-bond acceptors (Lipinski definition) is 5. The van der Waals surface area contributed by atoms with Crippen molar-refractivity contribution in [2.24, 2.45) is 23.7 Å². The van der Waals surface area contributed by atoms with Gasteiger partial charge < -0.3 is 9.47 Å². The minimum absolute atomic E-state index is 0.0640. The lowest BCUT2D eigenvalue weighted by Gasteiger charge is -2.34. The third kappa shape index (κ3) is 2.71. The maximum absolute atomic E-state index is 12.2. The highest BCUT2D eigenvalue weighted by molar-refractivity contribution is 6.09. The van der Waals surface area contributed by atoms with Gasteiger partial charge in [-0.05, 0) is 24.7 Å². The van der Waals surface area contributed by atoms with Crippen LogP contribution < -0.4 is 0 Å². The molecule has 102 valence electrons. The molecule has 0 aliphatic heterocycles. The van der Waals surface area contributed by atoms with Crippen LogP contribution in [-0.2, 0) is 23.9 Å². The molecule has 0 aromatic heterocycles. The predicted octanol–water partition coefficient (Wildman–Crippen LogP) is 1.20. The highest BCUT2D eigenvalue weighted by Gasteiger charge is 2.47. The van der Waals surface area contributed by atoms with Crippen molar-refractivity contribution in [3.63, 3.8) is 0 Å². The number of carbonyl (C=O) groups is 3. The largest absolute Gasteiger partial charge is 0.468 e. The summed E-state index contributed by atoms with van der Waals surface area (Å²) in [6.07, 6.45) is 1.10. The Labute approximate surface area is 107 Å². The summed E-state index contributed by atoms with van der Waals surface area (Å²) >= 11 is 0. The molecule has 3 atom stereocenters. The first-order valence-electron chi connectivity index (χ1n) is 6.13. The lowest BCUT2D eigenvalue weighted by molar-refractivity contribution is -0.161. The summed E-state index contributed by atoms with van der Waals surface area (Å²) in [5, 5.41) is 0. The summed E-state index contributed by atoms with van der Waals surface area (Å²) in [6, 6.07) is 0. The fraction of sp³-hybridized carbons (Fsp3) is 0.769. The Morgan fingerprint density at radius 2 is 1.67 bits per heavy atom. The lowest BCUT2D eigenvalue weighted by atomic mass is 9.69. The quantitative estimate of drug-likeness (QED) is 0.560. The number of carbonyl (C=O) groups excluding carboxylic acids is 3. The number of ketones is 1. The van der Waals surface area contributed by atoms with Crippen molar-refractivity contribution in [1.82, 2.24) is 0 Å². The predicted molar refractivity (Wildman–Crippen MR) is 63.6 cm³/mol. The molecule has 5 heteroatoms. The van der Waals surface area contributed by atoms with Crippen molar-refractivity contribution in [3.05, 3.63) is 0 Å². The number of hydrogen-bond donors (Lipinski definition) is 0. The highest BCUT2D eigenvalue weighted by Crippen LogP contribution is 2.36. The molecule has 0 aromatic rings. The van der Waals surface area contributed by atoms with Crippen molar-refractivity contribution >= 4 is 17.7 Å². The molecule has 0 saturated heterocycles. The van der Waals surface area contributed by atoms with E-state index in [1.807, 2.05) is 13.8 Å². The number of methoxy groups -OCH3 is 2. The van der Waals surface area contributed by atoms with Crippen molar-refractivity contribution in [3.8, 4) is 0 Å². The summed E-state index contributed by atoms with van der Waals surface area (Å²) < 4.78 is 9.30. The Morgan fingerprint density at radius 1 is 1.11 bits per heavy atom. The van der Waals surface area contributed by atoms with Crippen molar-refractivity contribution in [2.75, 3.05) is 14.2 Å². The molecule has 0 aromatic carbocycles. The summed E-state index contributed by atoms with van der Waals surface area (Å²) in [5.41, 5.74) is 0. The monoisotopic (exact) mass is 256 g/mol. The number of ether oxygens (including phenoxy) is 2. The van der Waals surface area contributed by atoms with E-state index in [-0.39, 0.29) is 17.6 Å². The van der Waals surface area contributed by atoms with Crippen LogP contribution >= 0.6 is 0 Å². The molecule has 0 N–H and O–H groups in total. The third-order valence-corrected chi connectivity index (χ3v) is 3.66. The van der Waals surface area contributed by atoms with Crippen LogP contribution in [0, 0.1) is 23.7 Å². The average molecular weight is 256 g/mol. The Hall–Kier alpha value is -1.39. The first-order valence-corrected chi connectivity index (χ1v) is 6.13. The highest BCUT2D eigenvalue weighted by atomic mass is 16.5. The van der Waals surface area contributed by atoms with Crippen molar-refractivity contribution < 1.29 is 23.9 Å². The van der Waals surface area contributed by atoms with Gasteiger partial charge in [-0.2, -0.15) is 0 Å². The van der Waals surface area contributed by atoms with Gasteiger partial charge in [0.2, 0.25) is 0 Å². The second-order valence-corrected chi connectivity index (χ2v) is 4.96.